The van der Waals surface area contributed by atoms with Crippen LogP contribution in [0, 0.1) is 5.82 Å². The number of nitrogens with one attached hydrogen (secondary N) is 1. The molecule has 128 valence electrons. The number of anilines is 1. The van der Waals surface area contributed by atoms with Gasteiger partial charge in [0, 0.05) is 27.9 Å². The molecule has 1 heterocycles. The third-order valence-electron chi connectivity index (χ3n) is 3.82. The molecule has 0 radical (unpaired) electrons. The maximum atomic E-state index is 13.0. The molecule has 6 heteroatoms. The molecule has 4 rings (SSSR count). The van der Waals surface area contributed by atoms with Crippen molar-refractivity contribution in [3.8, 4) is 11.5 Å². The number of hydrogen-bond acceptors (Lipinski definition) is 3. The molecular formula is C20H12ClFN2O2. The number of aromatic nitrogens is 1. The molecule has 4 aromatic rings. The number of halogens is 2. The summed E-state index contributed by atoms with van der Waals surface area (Å²) in [5.74, 6) is -0.209. The summed E-state index contributed by atoms with van der Waals surface area (Å²) in [6.45, 7) is 0. The van der Waals surface area contributed by atoms with Gasteiger partial charge in [0.2, 0.25) is 5.89 Å². The average molecular weight is 367 g/mol. The molecule has 0 aliphatic heterocycles. The van der Waals surface area contributed by atoms with Crippen LogP contribution in [0.4, 0.5) is 10.1 Å². The number of oxazole rings is 1. The van der Waals surface area contributed by atoms with Crippen LogP contribution in [0.5, 0.6) is 0 Å². The highest BCUT2D eigenvalue weighted by atomic mass is 35.5. The van der Waals surface area contributed by atoms with Gasteiger partial charge in [-0.1, -0.05) is 17.7 Å². The molecule has 3 aromatic carbocycles. The van der Waals surface area contributed by atoms with Gasteiger partial charge in [0.15, 0.2) is 5.58 Å². The van der Waals surface area contributed by atoms with Gasteiger partial charge in [0.1, 0.15) is 11.3 Å². The molecule has 0 unspecified atom stereocenters. The maximum Gasteiger partial charge on any atom is 0.255 e. The van der Waals surface area contributed by atoms with Gasteiger partial charge < -0.3 is 9.73 Å². The van der Waals surface area contributed by atoms with Crippen molar-refractivity contribution >= 4 is 34.3 Å². The topological polar surface area (TPSA) is 55.1 Å². The molecule has 26 heavy (non-hydrogen) atoms. The molecular weight excluding hydrogens is 355 g/mol. The van der Waals surface area contributed by atoms with Gasteiger partial charge in [-0.3, -0.25) is 4.79 Å². The Kier molecular flexibility index (Phi) is 4.14. The van der Waals surface area contributed by atoms with Crippen molar-refractivity contribution in [3.63, 3.8) is 0 Å². The third kappa shape index (κ3) is 3.30. The van der Waals surface area contributed by atoms with Crippen LogP contribution in [-0.2, 0) is 0 Å². The Bertz CT molecular complexity index is 1110. The lowest BCUT2D eigenvalue weighted by atomic mass is 10.2. The van der Waals surface area contributed by atoms with Gasteiger partial charge in [-0.15, -0.1) is 0 Å². The van der Waals surface area contributed by atoms with E-state index in [1.165, 1.54) is 12.1 Å². The summed E-state index contributed by atoms with van der Waals surface area (Å²) >= 11 is 5.91. The van der Waals surface area contributed by atoms with E-state index in [0.29, 0.717) is 38.8 Å². The lowest BCUT2D eigenvalue weighted by Gasteiger charge is -2.05. The third-order valence-corrected chi connectivity index (χ3v) is 4.06. The van der Waals surface area contributed by atoms with Crippen LogP contribution >= 0.6 is 11.6 Å². The normalized spacial score (nSPS) is 10.8. The zero-order valence-corrected chi connectivity index (χ0v) is 14.1. The number of fused-ring (bicyclic) bond motifs is 1. The predicted octanol–water partition coefficient (Wildman–Crippen LogP) is 5.54. The summed E-state index contributed by atoms with van der Waals surface area (Å²) < 4.78 is 18.8. The van der Waals surface area contributed by atoms with E-state index in [4.69, 9.17) is 16.0 Å². The van der Waals surface area contributed by atoms with Crippen molar-refractivity contribution in [1.29, 1.82) is 0 Å². The molecule has 4 nitrogen and oxygen atoms in total. The van der Waals surface area contributed by atoms with Crippen LogP contribution < -0.4 is 5.32 Å². The van der Waals surface area contributed by atoms with Crippen LogP contribution in [0.2, 0.25) is 5.02 Å². The number of carbonyl (C=O) groups is 1. The minimum Gasteiger partial charge on any atom is -0.436 e. The van der Waals surface area contributed by atoms with Crippen LogP contribution in [0.3, 0.4) is 0 Å². The Morgan fingerprint density at radius 2 is 1.85 bits per heavy atom. The summed E-state index contributed by atoms with van der Waals surface area (Å²) in [6, 6.07) is 17.8. The average Bonchev–Trinajstić information content (AvgIpc) is 3.05. The lowest BCUT2D eigenvalue weighted by Crippen LogP contribution is -2.11. The smallest absolute Gasteiger partial charge is 0.255 e. The Morgan fingerprint density at radius 3 is 2.62 bits per heavy atom. The second-order valence-corrected chi connectivity index (χ2v) is 6.11. The fraction of sp³-hybridized carbons (Fsp3) is 0. The van der Waals surface area contributed by atoms with Crippen molar-refractivity contribution in [1.82, 2.24) is 4.98 Å². The van der Waals surface area contributed by atoms with E-state index in [1.807, 2.05) is 0 Å². The first kappa shape index (κ1) is 16.3. The molecule has 1 amide bonds. The van der Waals surface area contributed by atoms with E-state index >= 15 is 0 Å². The van der Waals surface area contributed by atoms with Crippen LogP contribution in [0.25, 0.3) is 22.6 Å². The largest absolute Gasteiger partial charge is 0.436 e. The minimum atomic E-state index is -0.323. The summed E-state index contributed by atoms with van der Waals surface area (Å²) in [6.07, 6.45) is 0. The molecule has 0 atom stereocenters. The monoisotopic (exact) mass is 366 g/mol. The molecule has 0 saturated carbocycles. The van der Waals surface area contributed by atoms with Gasteiger partial charge in [-0.25, -0.2) is 9.37 Å². The highest BCUT2D eigenvalue weighted by molar-refractivity contribution is 6.31. The molecule has 0 aliphatic rings. The molecule has 1 aromatic heterocycles. The van der Waals surface area contributed by atoms with Crippen LogP contribution in [0.15, 0.2) is 71.1 Å². The zero-order valence-electron chi connectivity index (χ0n) is 13.4. The van der Waals surface area contributed by atoms with E-state index in [0.717, 1.165) is 0 Å². The number of carbonyl (C=O) groups excluding carboxylic acids is 1. The van der Waals surface area contributed by atoms with Gasteiger partial charge in [-0.05, 0) is 54.6 Å². The fourth-order valence-corrected chi connectivity index (χ4v) is 2.74. The number of nitrogens with zero attached hydrogens (tertiary/aromatic N) is 1. The molecule has 0 saturated heterocycles. The van der Waals surface area contributed by atoms with Gasteiger partial charge >= 0.3 is 0 Å². The van der Waals surface area contributed by atoms with E-state index in [-0.39, 0.29) is 11.7 Å². The molecule has 0 aliphatic carbocycles. The van der Waals surface area contributed by atoms with E-state index in [1.54, 1.807) is 54.6 Å². The van der Waals surface area contributed by atoms with E-state index in [9.17, 15) is 9.18 Å². The van der Waals surface area contributed by atoms with Crippen molar-refractivity contribution < 1.29 is 13.6 Å². The summed E-state index contributed by atoms with van der Waals surface area (Å²) in [5.41, 5.74) is 2.87. The quantitative estimate of drug-likeness (QED) is 0.518. The Hall–Kier alpha value is -3.18. The van der Waals surface area contributed by atoms with Crippen molar-refractivity contribution in [3.05, 3.63) is 83.1 Å². The standard InChI is InChI=1S/C20H12ClFN2O2/c21-14-3-1-2-13(10-14)19(25)23-16-8-9-17-18(11-16)26-20(24-17)12-4-6-15(22)7-5-12/h1-11H,(H,23,25). The Labute approximate surface area is 153 Å². The van der Waals surface area contributed by atoms with Gasteiger partial charge in [0.05, 0.1) is 0 Å². The lowest BCUT2D eigenvalue weighted by molar-refractivity contribution is 0.102. The molecule has 0 spiro atoms. The van der Waals surface area contributed by atoms with Crippen LogP contribution in [-0.4, -0.2) is 10.9 Å². The van der Waals surface area contributed by atoms with Crippen molar-refractivity contribution in [2.75, 3.05) is 5.32 Å². The minimum absolute atomic E-state index is 0.273. The number of rotatable bonds is 3. The SMILES string of the molecule is O=C(Nc1ccc2nc(-c3ccc(F)cc3)oc2c1)c1cccc(Cl)c1. The molecule has 1 N–H and O–H groups in total. The Morgan fingerprint density at radius 1 is 1.04 bits per heavy atom. The first-order valence-electron chi connectivity index (χ1n) is 7.82. The number of hydrogen-bond donors (Lipinski definition) is 1. The molecule has 0 bridgehead atoms. The summed E-state index contributed by atoms with van der Waals surface area (Å²) in [5, 5.41) is 3.29. The predicted molar refractivity (Wildman–Crippen MR) is 98.8 cm³/mol. The summed E-state index contributed by atoms with van der Waals surface area (Å²) in [7, 11) is 0. The number of benzene rings is 3. The maximum absolute atomic E-state index is 13.0. The Balaban J connectivity index is 1.61. The van der Waals surface area contributed by atoms with Crippen LogP contribution in [0.1, 0.15) is 10.4 Å². The van der Waals surface area contributed by atoms with Gasteiger partial charge in [0.25, 0.3) is 5.91 Å². The first-order valence-corrected chi connectivity index (χ1v) is 8.20. The second kappa shape index (κ2) is 6.61. The number of amides is 1. The fourth-order valence-electron chi connectivity index (χ4n) is 2.55. The second-order valence-electron chi connectivity index (χ2n) is 5.67. The van der Waals surface area contributed by atoms with Crippen molar-refractivity contribution in [2.24, 2.45) is 0 Å². The zero-order chi connectivity index (χ0) is 18.1. The highest BCUT2D eigenvalue weighted by Gasteiger charge is 2.11. The van der Waals surface area contributed by atoms with E-state index < -0.39 is 0 Å². The summed E-state index contributed by atoms with van der Waals surface area (Å²) in [4.78, 5) is 16.7. The molecule has 0 fully saturated rings. The van der Waals surface area contributed by atoms with Gasteiger partial charge in [-0.2, -0.15) is 0 Å². The highest BCUT2D eigenvalue weighted by Crippen LogP contribution is 2.26. The first-order chi connectivity index (χ1) is 12.6. The van der Waals surface area contributed by atoms with Crippen molar-refractivity contribution in [2.45, 2.75) is 0 Å². The van der Waals surface area contributed by atoms with E-state index in [2.05, 4.69) is 10.3 Å².